The van der Waals surface area contributed by atoms with Crippen molar-refractivity contribution in [2.45, 2.75) is 26.2 Å². The number of thiophene rings is 1. The summed E-state index contributed by atoms with van der Waals surface area (Å²) >= 11 is 6.77. The lowest BCUT2D eigenvalue weighted by Gasteiger charge is -2.17. The number of amides is 1. The minimum atomic E-state index is -0.347. The molecular formula is C19H19N3O2S2. The van der Waals surface area contributed by atoms with Gasteiger partial charge in [-0.05, 0) is 55.1 Å². The monoisotopic (exact) mass is 385 g/mol. The Morgan fingerprint density at radius 1 is 1.42 bits per heavy atom. The van der Waals surface area contributed by atoms with Crippen molar-refractivity contribution in [3.05, 3.63) is 46.3 Å². The first kappa shape index (κ1) is 18.4. The third-order valence-electron chi connectivity index (χ3n) is 4.22. The van der Waals surface area contributed by atoms with E-state index in [0.29, 0.717) is 22.2 Å². The largest absolute Gasteiger partial charge is 0.484 e. The number of carbonyl (C=O) groups is 1. The maximum atomic E-state index is 12.0. The van der Waals surface area contributed by atoms with E-state index in [-0.39, 0.29) is 17.6 Å². The van der Waals surface area contributed by atoms with Gasteiger partial charge in [-0.1, -0.05) is 25.1 Å². The standard InChI is InChI=1S/C19H19N3O2S2/c1-12-7-8-14-15(10-20)18(26-16(14)9-12)22-19(25)21-17(23)11-24-13-5-3-2-4-6-13/h2-6,12H,7-9,11H2,1H3,(H2,21,22,23,25)/t12-/m1/s1. The Morgan fingerprint density at radius 2 is 2.19 bits per heavy atom. The second kappa shape index (κ2) is 8.30. The van der Waals surface area contributed by atoms with E-state index in [0.717, 1.165) is 24.8 Å². The highest BCUT2D eigenvalue weighted by atomic mass is 32.1. The fourth-order valence-corrected chi connectivity index (χ4v) is 4.57. The van der Waals surface area contributed by atoms with E-state index in [1.165, 1.54) is 4.88 Å². The zero-order valence-electron chi connectivity index (χ0n) is 14.4. The molecule has 1 atom stereocenters. The molecule has 0 aliphatic heterocycles. The summed E-state index contributed by atoms with van der Waals surface area (Å²) in [7, 11) is 0. The third-order valence-corrected chi connectivity index (χ3v) is 5.59. The van der Waals surface area contributed by atoms with Crippen LogP contribution in [-0.4, -0.2) is 17.6 Å². The molecule has 2 N–H and O–H groups in total. The van der Waals surface area contributed by atoms with Crippen molar-refractivity contribution in [3.63, 3.8) is 0 Å². The average molecular weight is 386 g/mol. The van der Waals surface area contributed by atoms with Crippen LogP contribution in [0.25, 0.3) is 0 Å². The van der Waals surface area contributed by atoms with E-state index >= 15 is 0 Å². The van der Waals surface area contributed by atoms with E-state index in [1.807, 2.05) is 18.2 Å². The molecule has 134 valence electrons. The molecule has 3 rings (SSSR count). The number of hydrogen-bond donors (Lipinski definition) is 2. The fraction of sp³-hybridized carbons (Fsp3) is 0.316. The first-order chi connectivity index (χ1) is 12.6. The SMILES string of the molecule is C[C@@H]1CCc2c(sc(NC(=S)NC(=O)COc3ccccc3)c2C#N)C1. The zero-order valence-corrected chi connectivity index (χ0v) is 16.0. The number of anilines is 1. The number of thiocarbonyl (C=S) groups is 1. The van der Waals surface area contributed by atoms with Crippen LogP contribution in [0, 0.1) is 17.2 Å². The number of rotatable bonds is 4. The summed E-state index contributed by atoms with van der Waals surface area (Å²) in [4.78, 5) is 13.2. The van der Waals surface area contributed by atoms with Gasteiger partial charge in [0.05, 0.1) is 5.56 Å². The normalized spacial score (nSPS) is 15.5. The van der Waals surface area contributed by atoms with Crippen LogP contribution in [0.3, 0.4) is 0 Å². The first-order valence-corrected chi connectivity index (χ1v) is 9.62. The highest BCUT2D eigenvalue weighted by Crippen LogP contribution is 2.39. The second-order valence-electron chi connectivity index (χ2n) is 6.27. The topological polar surface area (TPSA) is 74.2 Å². The maximum Gasteiger partial charge on any atom is 0.264 e. The molecule has 1 aliphatic carbocycles. The molecule has 0 unspecified atom stereocenters. The summed E-state index contributed by atoms with van der Waals surface area (Å²) < 4.78 is 5.39. The van der Waals surface area contributed by atoms with Gasteiger partial charge in [0.1, 0.15) is 16.8 Å². The number of nitrogens with one attached hydrogen (secondary N) is 2. The molecule has 0 saturated heterocycles. The predicted octanol–water partition coefficient (Wildman–Crippen LogP) is 3.64. The maximum absolute atomic E-state index is 12.0. The number of fused-ring (bicyclic) bond motifs is 1. The third kappa shape index (κ3) is 4.40. The molecule has 1 aromatic heterocycles. The molecule has 1 amide bonds. The van der Waals surface area contributed by atoms with Crippen LogP contribution in [0.15, 0.2) is 30.3 Å². The van der Waals surface area contributed by atoms with Crippen molar-refractivity contribution in [1.29, 1.82) is 5.26 Å². The summed E-state index contributed by atoms with van der Waals surface area (Å²) in [6.07, 6.45) is 3.00. The Labute approximate surface area is 162 Å². The summed E-state index contributed by atoms with van der Waals surface area (Å²) in [5, 5.41) is 16.0. The molecule has 1 aromatic carbocycles. The van der Waals surface area contributed by atoms with Gasteiger partial charge in [0, 0.05) is 4.88 Å². The molecule has 0 bridgehead atoms. The van der Waals surface area contributed by atoms with Gasteiger partial charge in [-0.2, -0.15) is 5.26 Å². The van der Waals surface area contributed by atoms with Crippen molar-refractivity contribution >= 4 is 39.6 Å². The predicted molar refractivity (Wildman–Crippen MR) is 107 cm³/mol. The second-order valence-corrected chi connectivity index (χ2v) is 7.79. The van der Waals surface area contributed by atoms with Gasteiger partial charge in [0.15, 0.2) is 11.7 Å². The quantitative estimate of drug-likeness (QED) is 0.786. The summed E-state index contributed by atoms with van der Waals surface area (Å²) in [5.41, 5.74) is 1.77. The number of ether oxygens (including phenoxy) is 1. The van der Waals surface area contributed by atoms with Gasteiger partial charge in [0.2, 0.25) is 0 Å². The first-order valence-electron chi connectivity index (χ1n) is 8.40. The summed E-state index contributed by atoms with van der Waals surface area (Å²) in [5.74, 6) is 0.899. The number of nitrogens with zero attached hydrogens (tertiary/aromatic N) is 1. The van der Waals surface area contributed by atoms with Gasteiger partial charge in [-0.15, -0.1) is 11.3 Å². The van der Waals surface area contributed by atoms with Crippen LogP contribution < -0.4 is 15.4 Å². The fourth-order valence-electron chi connectivity index (χ4n) is 2.92. The minimum absolute atomic E-state index is 0.130. The molecular weight excluding hydrogens is 366 g/mol. The minimum Gasteiger partial charge on any atom is -0.484 e. The Hall–Kier alpha value is -2.43. The molecule has 26 heavy (non-hydrogen) atoms. The lowest BCUT2D eigenvalue weighted by Crippen LogP contribution is -2.37. The van der Waals surface area contributed by atoms with Crippen LogP contribution >= 0.6 is 23.6 Å². The number of nitriles is 1. The molecule has 0 radical (unpaired) electrons. The lowest BCUT2D eigenvalue weighted by atomic mass is 9.89. The highest BCUT2D eigenvalue weighted by molar-refractivity contribution is 7.80. The van der Waals surface area contributed by atoms with E-state index in [1.54, 1.807) is 23.5 Å². The van der Waals surface area contributed by atoms with E-state index in [2.05, 4.69) is 23.6 Å². The summed E-state index contributed by atoms with van der Waals surface area (Å²) in [6, 6.07) is 11.4. The van der Waals surface area contributed by atoms with Crippen molar-refractivity contribution in [2.24, 2.45) is 5.92 Å². The molecule has 2 aromatic rings. The molecule has 1 heterocycles. The van der Waals surface area contributed by atoms with E-state index < -0.39 is 0 Å². The number of carbonyl (C=O) groups excluding carboxylic acids is 1. The van der Waals surface area contributed by atoms with Gasteiger partial charge >= 0.3 is 0 Å². The van der Waals surface area contributed by atoms with Gasteiger partial charge in [-0.25, -0.2) is 0 Å². The summed E-state index contributed by atoms with van der Waals surface area (Å²) in [6.45, 7) is 2.09. The lowest BCUT2D eigenvalue weighted by molar-refractivity contribution is -0.121. The van der Waals surface area contributed by atoms with Crippen molar-refractivity contribution in [3.8, 4) is 11.8 Å². The Kier molecular flexibility index (Phi) is 5.86. The van der Waals surface area contributed by atoms with E-state index in [9.17, 15) is 10.1 Å². The van der Waals surface area contributed by atoms with Crippen LogP contribution in [0.1, 0.15) is 29.3 Å². The molecule has 0 fully saturated rings. The van der Waals surface area contributed by atoms with Crippen molar-refractivity contribution in [2.75, 3.05) is 11.9 Å². The van der Waals surface area contributed by atoms with Crippen LogP contribution in [0.2, 0.25) is 0 Å². The molecule has 0 saturated carbocycles. The Bertz CT molecular complexity index is 856. The van der Waals surface area contributed by atoms with Crippen LogP contribution in [0.5, 0.6) is 5.75 Å². The van der Waals surface area contributed by atoms with Gasteiger partial charge < -0.3 is 10.1 Å². The number of hydrogen-bond acceptors (Lipinski definition) is 5. The smallest absolute Gasteiger partial charge is 0.264 e. The Balaban J connectivity index is 1.58. The van der Waals surface area contributed by atoms with E-state index in [4.69, 9.17) is 17.0 Å². The van der Waals surface area contributed by atoms with Crippen molar-refractivity contribution < 1.29 is 9.53 Å². The average Bonchev–Trinajstić information content (AvgIpc) is 2.96. The Morgan fingerprint density at radius 3 is 2.92 bits per heavy atom. The zero-order chi connectivity index (χ0) is 18.5. The van der Waals surface area contributed by atoms with Gasteiger partial charge in [0.25, 0.3) is 5.91 Å². The molecule has 5 nitrogen and oxygen atoms in total. The molecule has 1 aliphatic rings. The van der Waals surface area contributed by atoms with Crippen molar-refractivity contribution in [1.82, 2.24) is 5.32 Å². The van der Waals surface area contributed by atoms with Crippen LogP contribution in [0.4, 0.5) is 5.00 Å². The molecule has 0 spiro atoms. The number of para-hydroxylation sites is 1. The van der Waals surface area contributed by atoms with Crippen LogP contribution in [-0.2, 0) is 17.6 Å². The number of benzene rings is 1. The molecule has 7 heteroatoms. The highest BCUT2D eigenvalue weighted by Gasteiger charge is 2.24. The van der Waals surface area contributed by atoms with Gasteiger partial charge in [-0.3, -0.25) is 10.1 Å².